The number of rotatable bonds is 6. The lowest BCUT2D eigenvalue weighted by Crippen LogP contribution is -2.25. The zero-order chi connectivity index (χ0) is 12.7. The second kappa shape index (κ2) is 7.80. The van der Waals surface area contributed by atoms with Crippen molar-refractivity contribution in [2.75, 3.05) is 18.1 Å². The van der Waals surface area contributed by atoms with Crippen molar-refractivity contribution in [3.8, 4) is 0 Å². The van der Waals surface area contributed by atoms with E-state index in [4.69, 9.17) is 11.6 Å². The van der Waals surface area contributed by atoms with E-state index in [2.05, 4.69) is 27.8 Å². The lowest BCUT2D eigenvalue weighted by Gasteiger charge is -2.05. The van der Waals surface area contributed by atoms with Gasteiger partial charge in [0.15, 0.2) is 0 Å². The summed E-state index contributed by atoms with van der Waals surface area (Å²) in [6.45, 7) is 4.28. The van der Waals surface area contributed by atoms with Gasteiger partial charge in [0.1, 0.15) is 0 Å². The molecule has 1 N–H and O–H groups in total. The Morgan fingerprint density at radius 2 is 2.35 bits per heavy atom. The van der Waals surface area contributed by atoms with Crippen molar-refractivity contribution in [3.05, 3.63) is 45.9 Å². The van der Waals surface area contributed by atoms with Crippen molar-refractivity contribution in [2.45, 2.75) is 0 Å². The monoisotopic (exact) mass is 333 g/mol. The quantitative estimate of drug-likeness (QED) is 0.634. The predicted molar refractivity (Wildman–Crippen MR) is 79.0 cm³/mol. The van der Waals surface area contributed by atoms with E-state index in [0.717, 1.165) is 16.0 Å². The highest BCUT2D eigenvalue weighted by Crippen LogP contribution is 2.23. The topological polar surface area (TPSA) is 29.1 Å². The number of halogens is 2. The number of hydrogen-bond acceptors (Lipinski definition) is 2. The van der Waals surface area contributed by atoms with Gasteiger partial charge >= 0.3 is 0 Å². The van der Waals surface area contributed by atoms with Gasteiger partial charge in [-0.3, -0.25) is 4.79 Å². The molecule has 1 amide bonds. The van der Waals surface area contributed by atoms with Crippen molar-refractivity contribution in [3.63, 3.8) is 0 Å². The third-order valence-electron chi connectivity index (χ3n) is 1.95. The zero-order valence-corrected chi connectivity index (χ0v) is 12.4. The van der Waals surface area contributed by atoms with Crippen molar-refractivity contribution < 1.29 is 4.79 Å². The molecule has 1 rings (SSSR count). The number of amides is 1. The van der Waals surface area contributed by atoms with E-state index in [1.165, 1.54) is 0 Å². The second-order valence-electron chi connectivity index (χ2n) is 3.25. The highest BCUT2D eigenvalue weighted by atomic mass is 79.9. The van der Waals surface area contributed by atoms with Gasteiger partial charge in [0.2, 0.25) is 0 Å². The molecule has 0 saturated carbocycles. The van der Waals surface area contributed by atoms with Crippen LogP contribution in [0.1, 0.15) is 10.4 Å². The van der Waals surface area contributed by atoms with Crippen molar-refractivity contribution in [1.82, 2.24) is 5.32 Å². The predicted octanol–water partition coefficient (Wildman–Crippen LogP) is 3.75. The van der Waals surface area contributed by atoms with Crippen LogP contribution in [0.2, 0.25) is 5.02 Å². The molecule has 0 radical (unpaired) electrons. The van der Waals surface area contributed by atoms with Crippen LogP contribution in [-0.2, 0) is 0 Å². The summed E-state index contributed by atoms with van der Waals surface area (Å²) in [7, 11) is 0. The zero-order valence-electron chi connectivity index (χ0n) is 9.21. The molecule has 0 aliphatic rings. The Labute approximate surface area is 119 Å². The first kappa shape index (κ1) is 14.6. The first-order chi connectivity index (χ1) is 8.15. The Morgan fingerprint density at radius 1 is 1.59 bits per heavy atom. The first-order valence-corrected chi connectivity index (χ1v) is 7.39. The smallest absolute Gasteiger partial charge is 0.251 e. The molecule has 0 unspecified atom stereocenters. The second-order valence-corrected chi connectivity index (χ2v) is 5.66. The summed E-state index contributed by atoms with van der Waals surface area (Å²) in [5.74, 6) is 1.68. The molecule has 0 spiro atoms. The molecule has 0 fully saturated rings. The minimum atomic E-state index is -0.0985. The van der Waals surface area contributed by atoms with Crippen LogP contribution < -0.4 is 5.32 Å². The highest BCUT2D eigenvalue weighted by Gasteiger charge is 2.06. The molecule has 0 atom stereocenters. The lowest BCUT2D eigenvalue weighted by molar-refractivity contribution is 0.0956. The Hall–Kier alpha value is -0.450. The van der Waals surface area contributed by atoms with Crippen LogP contribution in [0.25, 0.3) is 0 Å². The molecule has 5 heteroatoms. The van der Waals surface area contributed by atoms with E-state index >= 15 is 0 Å². The summed E-state index contributed by atoms with van der Waals surface area (Å²) in [6, 6.07) is 5.16. The van der Waals surface area contributed by atoms with Crippen LogP contribution in [-0.4, -0.2) is 24.0 Å². The van der Waals surface area contributed by atoms with Crippen LogP contribution in [0.5, 0.6) is 0 Å². The number of thioether (sulfide) groups is 1. The first-order valence-electron chi connectivity index (χ1n) is 5.07. The van der Waals surface area contributed by atoms with E-state index in [1.54, 1.807) is 30.0 Å². The molecule has 0 aliphatic heterocycles. The fourth-order valence-corrected chi connectivity index (χ4v) is 2.15. The van der Waals surface area contributed by atoms with Gasteiger partial charge in [0.05, 0.1) is 5.02 Å². The number of hydrogen-bond donors (Lipinski definition) is 1. The maximum Gasteiger partial charge on any atom is 0.251 e. The molecule has 92 valence electrons. The molecular formula is C12H13BrClNOS. The van der Waals surface area contributed by atoms with Gasteiger partial charge in [-0.25, -0.2) is 0 Å². The lowest BCUT2D eigenvalue weighted by atomic mass is 10.2. The summed E-state index contributed by atoms with van der Waals surface area (Å²) in [5, 5.41) is 3.38. The van der Waals surface area contributed by atoms with Crippen LogP contribution >= 0.6 is 39.3 Å². The van der Waals surface area contributed by atoms with Crippen molar-refractivity contribution in [1.29, 1.82) is 0 Å². The third-order valence-corrected chi connectivity index (χ3v) is 4.15. The fourth-order valence-electron chi connectivity index (χ4n) is 1.14. The molecular weight excluding hydrogens is 322 g/mol. The molecule has 0 heterocycles. The van der Waals surface area contributed by atoms with Gasteiger partial charge in [0.25, 0.3) is 5.91 Å². The summed E-state index contributed by atoms with van der Waals surface area (Å²) in [6.07, 6.45) is 1.85. The molecule has 1 aromatic carbocycles. The van der Waals surface area contributed by atoms with Gasteiger partial charge < -0.3 is 5.32 Å². The molecule has 17 heavy (non-hydrogen) atoms. The summed E-state index contributed by atoms with van der Waals surface area (Å²) >= 11 is 10.9. The molecule has 1 aromatic rings. The third kappa shape index (κ3) is 5.15. The van der Waals surface area contributed by atoms with E-state index in [1.807, 2.05) is 6.08 Å². The molecule has 0 bridgehead atoms. The van der Waals surface area contributed by atoms with E-state index in [9.17, 15) is 4.79 Å². The Kier molecular flexibility index (Phi) is 6.70. The minimum Gasteiger partial charge on any atom is -0.351 e. The number of carbonyl (C=O) groups excluding carboxylic acids is 1. The Balaban J connectivity index is 2.41. The average Bonchev–Trinajstić information content (AvgIpc) is 2.32. The van der Waals surface area contributed by atoms with Crippen molar-refractivity contribution in [2.24, 2.45) is 0 Å². The molecule has 0 saturated heterocycles. The van der Waals surface area contributed by atoms with Crippen molar-refractivity contribution >= 4 is 45.2 Å². The van der Waals surface area contributed by atoms with Gasteiger partial charge in [0, 0.05) is 28.1 Å². The Morgan fingerprint density at radius 3 is 3.00 bits per heavy atom. The minimum absolute atomic E-state index is 0.0985. The normalized spacial score (nSPS) is 10.0. The SMILES string of the molecule is C=CCSCCNC(=O)c1ccc(Br)c(Cl)c1. The van der Waals surface area contributed by atoms with Gasteiger partial charge in [-0.2, -0.15) is 11.8 Å². The summed E-state index contributed by atoms with van der Waals surface area (Å²) < 4.78 is 0.789. The molecule has 0 aromatic heterocycles. The average molecular weight is 335 g/mol. The summed E-state index contributed by atoms with van der Waals surface area (Å²) in [5.41, 5.74) is 0.576. The highest BCUT2D eigenvalue weighted by molar-refractivity contribution is 9.10. The van der Waals surface area contributed by atoms with Gasteiger partial charge in [-0.05, 0) is 34.1 Å². The van der Waals surface area contributed by atoms with Crippen LogP contribution in [0.3, 0.4) is 0 Å². The van der Waals surface area contributed by atoms with E-state index in [-0.39, 0.29) is 5.91 Å². The number of benzene rings is 1. The van der Waals surface area contributed by atoms with Gasteiger partial charge in [-0.1, -0.05) is 17.7 Å². The van der Waals surface area contributed by atoms with Gasteiger partial charge in [-0.15, -0.1) is 6.58 Å². The van der Waals surface area contributed by atoms with Crippen LogP contribution in [0.4, 0.5) is 0 Å². The maximum absolute atomic E-state index is 11.7. The van der Waals surface area contributed by atoms with Crippen LogP contribution in [0.15, 0.2) is 35.3 Å². The number of carbonyl (C=O) groups is 1. The number of nitrogens with one attached hydrogen (secondary N) is 1. The largest absolute Gasteiger partial charge is 0.351 e. The maximum atomic E-state index is 11.7. The van der Waals surface area contributed by atoms with Crippen LogP contribution in [0, 0.1) is 0 Å². The fraction of sp³-hybridized carbons (Fsp3) is 0.250. The summed E-state index contributed by atoms with van der Waals surface area (Å²) in [4.78, 5) is 11.7. The van der Waals surface area contributed by atoms with E-state index < -0.39 is 0 Å². The van der Waals surface area contributed by atoms with E-state index in [0.29, 0.717) is 17.1 Å². The molecule has 2 nitrogen and oxygen atoms in total. The Bertz CT molecular complexity index is 411. The standard InChI is InChI=1S/C12H13BrClNOS/c1-2-6-17-7-5-15-12(16)9-3-4-10(13)11(14)8-9/h2-4,8H,1,5-7H2,(H,15,16). The molecule has 0 aliphatic carbocycles.